The highest BCUT2D eigenvalue weighted by molar-refractivity contribution is 6.32. The van der Waals surface area contributed by atoms with Crippen LogP contribution in [0.25, 0.3) is 6.08 Å². The van der Waals surface area contributed by atoms with E-state index in [9.17, 15) is 9.18 Å². The summed E-state index contributed by atoms with van der Waals surface area (Å²) in [6, 6.07) is 11.6. The number of benzene rings is 2. The van der Waals surface area contributed by atoms with E-state index >= 15 is 0 Å². The molecule has 29 heavy (non-hydrogen) atoms. The summed E-state index contributed by atoms with van der Waals surface area (Å²) in [7, 11) is 1.58. The van der Waals surface area contributed by atoms with Crippen molar-refractivity contribution in [1.29, 1.82) is 0 Å². The van der Waals surface area contributed by atoms with Crippen LogP contribution >= 0.6 is 11.6 Å². The van der Waals surface area contributed by atoms with Gasteiger partial charge in [-0.3, -0.25) is 5.32 Å². The van der Waals surface area contributed by atoms with Gasteiger partial charge in [0.1, 0.15) is 17.7 Å². The first-order valence-corrected chi connectivity index (χ1v) is 9.95. The number of halogens is 2. The Balaban J connectivity index is 1.55. The summed E-state index contributed by atoms with van der Waals surface area (Å²) in [5, 5.41) is 3.08. The van der Waals surface area contributed by atoms with Crippen LogP contribution in [0.2, 0.25) is 5.02 Å². The fourth-order valence-corrected chi connectivity index (χ4v) is 4.16. The van der Waals surface area contributed by atoms with Gasteiger partial charge in [0.25, 0.3) is 0 Å². The molecule has 0 radical (unpaired) electrons. The maximum absolute atomic E-state index is 14.3. The number of nitrogens with one attached hydrogen (secondary N) is 1. The minimum Gasteiger partial charge on any atom is -0.497 e. The average Bonchev–Trinajstić information content (AvgIpc) is 2.73. The monoisotopic (exact) mass is 416 g/mol. The van der Waals surface area contributed by atoms with E-state index in [1.54, 1.807) is 49.6 Å². The lowest BCUT2D eigenvalue weighted by Gasteiger charge is -2.47. The second-order valence-corrected chi connectivity index (χ2v) is 7.62. The molecular formula is C22H22ClFN2O3. The van der Waals surface area contributed by atoms with Gasteiger partial charge >= 0.3 is 6.09 Å². The third-order valence-corrected chi connectivity index (χ3v) is 5.82. The molecule has 3 aliphatic rings. The fraction of sp³-hybridized carbons (Fsp3) is 0.318. The highest BCUT2D eigenvalue weighted by Crippen LogP contribution is 2.38. The normalized spacial score (nSPS) is 21.9. The zero-order valence-corrected chi connectivity index (χ0v) is 16.8. The number of carbonyl (C=O) groups is 1. The zero-order chi connectivity index (χ0) is 20.4. The molecule has 0 unspecified atom stereocenters. The van der Waals surface area contributed by atoms with Crippen molar-refractivity contribution in [3.8, 4) is 5.75 Å². The molecule has 0 aromatic heterocycles. The summed E-state index contributed by atoms with van der Waals surface area (Å²) >= 11 is 6.20. The number of methoxy groups -OCH3 is 1. The maximum atomic E-state index is 14.3. The van der Waals surface area contributed by atoms with E-state index in [4.69, 9.17) is 21.1 Å². The van der Waals surface area contributed by atoms with Gasteiger partial charge in [-0.05, 0) is 55.3 Å². The molecule has 0 spiro atoms. The third-order valence-electron chi connectivity index (χ3n) is 5.49. The number of hydrogen-bond donors (Lipinski definition) is 1. The van der Waals surface area contributed by atoms with Gasteiger partial charge in [-0.2, -0.15) is 0 Å². The van der Waals surface area contributed by atoms with Gasteiger partial charge in [-0.15, -0.1) is 0 Å². The fourth-order valence-electron chi connectivity index (χ4n) is 3.95. The van der Waals surface area contributed by atoms with Crippen molar-refractivity contribution in [2.24, 2.45) is 5.92 Å². The van der Waals surface area contributed by atoms with Crippen LogP contribution in [0.4, 0.5) is 14.9 Å². The van der Waals surface area contributed by atoms with Crippen LogP contribution in [0.15, 0.2) is 48.2 Å². The predicted octanol–water partition coefficient (Wildman–Crippen LogP) is 5.17. The first-order chi connectivity index (χ1) is 14.0. The molecule has 3 saturated heterocycles. The van der Waals surface area contributed by atoms with Gasteiger partial charge in [0.15, 0.2) is 0 Å². The zero-order valence-electron chi connectivity index (χ0n) is 16.0. The van der Waals surface area contributed by atoms with Gasteiger partial charge in [0.05, 0.1) is 17.8 Å². The first-order valence-electron chi connectivity index (χ1n) is 9.57. The standard InChI is InChI=1S/C22H22ClFN2O3/c1-28-16-7-5-15(6-8-16)25-22(27)29-21-14-9-11-26(12-10-14)20(21)13-17-18(23)3-2-4-19(17)24/h2-8,13-14,21H,9-12H2,1H3,(H,25,27)/b20-13-/t21-/m0/s1. The molecule has 0 saturated carbocycles. The Morgan fingerprint density at radius 2 is 1.93 bits per heavy atom. The van der Waals surface area contributed by atoms with E-state index in [-0.39, 0.29) is 5.92 Å². The van der Waals surface area contributed by atoms with Crippen LogP contribution in [0.5, 0.6) is 5.75 Å². The summed E-state index contributed by atoms with van der Waals surface area (Å²) in [5.41, 5.74) is 1.73. The second kappa shape index (κ2) is 8.33. The van der Waals surface area contributed by atoms with Gasteiger partial charge in [-0.1, -0.05) is 17.7 Å². The van der Waals surface area contributed by atoms with Gasteiger partial charge in [0, 0.05) is 30.3 Å². The molecule has 3 fully saturated rings. The average molecular weight is 417 g/mol. The number of fused-ring (bicyclic) bond motifs is 3. The number of nitrogens with zero attached hydrogens (tertiary/aromatic N) is 1. The van der Waals surface area contributed by atoms with Crippen molar-refractivity contribution in [2.45, 2.75) is 18.9 Å². The van der Waals surface area contributed by atoms with Crippen LogP contribution < -0.4 is 10.1 Å². The van der Waals surface area contributed by atoms with Crippen molar-refractivity contribution in [3.63, 3.8) is 0 Å². The van der Waals surface area contributed by atoms with Gasteiger partial charge < -0.3 is 14.4 Å². The molecule has 7 heteroatoms. The Bertz CT molecular complexity index is 904. The quantitative estimate of drug-likeness (QED) is 0.746. The summed E-state index contributed by atoms with van der Waals surface area (Å²) in [6.07, 6.45) is 2.60. The lowest BCUT2D eigenvalue weighted by molar-refractivity contribution is 0.0103. The Morgan fingerprint density at radius 3 is 2.59 bits per heavy atom. The number of piperidine rings is 3. The van der Waals surface area contributed by atoms with E-state index in [0.29, 0.717) is 22.0 Å². The second-order valence-electron chi connectivity index (χ2n) is 7.21. The SMILES string of the molecule is COc1ccc(NC(=O)O[C@@H]2/C(=C/c3c(F)cccc3Cl)N3CCC2CC3)cc1. The summed E-state index contributed by atoms with van der Waals surface area (Å²) < 4.78 is 25.2. The van der Waals surface area contributed by atoms with Crippen molar-refractivity contribution in [2.75, 3.05) is 25.5 Å². The highest BCUT2D eigenvalue weighted by Gasteiger charge is 2.40. The number of rotatable bonds is 4. The molecule has 3 heterocycles. The maximum Gasteiger partial charge on any atom is 0.412 e. The summed E-state index contributed by atoms with van der Waals surface area (Å²) in [4.78, 5) is 14.7. The number of ether oxygens (including phenoxy) is 2. The van der Waals surface area contributed by atoms with E-state index in [0.717, 1.165) is 31.6 Å². The molecule has 3 aliphatic heterocycles. The topological polar surface area (TPSA) is 50.8 Å². The van der Waals surface area contributed by atoms with Crippen LogP contribution in [0.1, 0.15) is 18.4 Å². The highest BCUT2D eigenvalue weighted by atomic mass is 35.5. The molecule has 152 valence electrons. The van der Waals surface area contributed by atoms with Crippen LogP contribution in [0, 0.1) is 11.7 Å². The first kappa shape index (κ1) is 19.6. The molecule has 0 aliphatic carbocycles. The van der Waals surface area contributed by atoms with Gasteiger partial charge in [0.2, 0.25) is 0 Å². The van der Waals surface area contributed by atoms with Gasteiger partial charge in [-0.25, -0.2) is 9.18 Å². The molecule has 2 bridgehead atoms. The number of hydrogen-bond acceptors (Lipinski definition) is 4. The Hall–Kier alpha value is -2.73. The Labute approximate surface area is 174 Å². The number of amides is 1. The van der Waals surface area contributed by atoms with E-state index in [2.05, 4.69) is 10.2 Å². The largest absolute Gasteiger partial charge is 0.497 e. The van der Waals surface area contributed by atoms with E-state index in [1.165, 1.54) is 6.07 Å². The van der Waals surface area contributed by atoms with Crippen molar-refractivity contribution >= 4 is 29.5 Å². The summed E-state index contributed by atoms with van der Waals surface area (Å²) in [6.45, 7) is 1.73. The minimum absolute atomic E-state index is 0.207. The molecule has 1 N–H and O–H groups in total. The van der Waals surface area contributed by atoms with Crippen LogP contribution in [-0.4, -0.2) is 37.3 Å². The molecule has 2 aromatic rings. The number of carbonyl (C=O) groups excluding carboxylic acids is 1. The lowest BCUT2D eigenvalue weighted by Crippen LogP contribution is -2.50. The molecule has 1 atom stereocenters. The van der Waals surface area contributed by atoms with Crippen LogP contribution in [-0.2, 0) is 4.74 Å². The predicted molar refractivity (Wildman–Crippen MR) is 111 cm³/mol. The van der Waals surface area contributed by atoms with Crippen molar-refractivity contribution in [3.05, 3.63) is 64.6 Å². The molecular weight excluding hydrogens is 395 g/mol. The molecule has 5 rings (SSSR count). The Kier molecular flexibility index (Phi) is 5.62. The van der Waals surface area contributed by atoms with Crippen LogP contribution in [0.3, 0.4) is 0 Å². The van der Waals surface area contributed by atoms with E-state index < -0.39 is 18.0 Å². The Morgan fingerprint density at radius 1 is 1.21 bits per heavy atom. The molecule has 5 nitrogen and oxygen atoms in total. The third kappa shape index (κ3) is 4.17. The minimum atomic E-state index is -0.542. The smallest absolute Gasteiger partial charge is 0.412 e. The van der Waals surface area contributed by atoms with Crippen molar-refractivity contribution in [1.82, 2.24) is 4.90 Å². The van der Waals surface area contributed by atoms with E-state index in [1.807, 2.05) is 0 Å². The lowest BCUT2D eigenvalue weighted by atomic mass is 9.82. The van der Waals surface area contributed by atoms with Crippen molar-refractivity contribution < 1.29 is 18.7 Å². The summed E-state index contributed by atoms with van der Waals surface area (Å²) in [5.74, 6) is 0.515. The molecule has 2 aromatic carbocycles. The number of anilines is 1. The molecule has 1 amide bonds.